The maximum atomic E-state index is 14.1. The summed E-state index contributed by atoms with van der Waals surface area (Å²) in [5, 5.41) is 3.63. The van der Waals surface area contributed by atoms with E-state index in [1.807, 2.05) is 13.8 Å². The molecule has 0 aliphatic rings. The summed E-state index contributed by atoms with van der Waals surface area (Å²) in [5.74, 6) is -0.902. The van der Waals surface area contributed by atoms with E-state index < -0.39 is 28.5 Å². The van der Waals surface area contributed by atoms with Crippen LogP contribution in [0.4, 0.5) is 5.69 Å². The summed E-state index contributed by atoms with van der Waals surface area (Å²) in [6, 6.07) is 18.8. The van der Waals surface area contributed by atoms with Crippen molar-refractivity contribution in [2.75, 3.05) is 10.8 Å². The second kappa shape index (κ2) is 14.5. The highest BCUT2D eigenvalue weighted by atomic mass is 127. The van der Waals surface area contributed by atoms with Crippen LogP contribution in [0.2, 0.25) is 10.0 Å². The van der Waals surface area contributed by atoms with Gasteiger partial charge >= 0.3 is 0 Å². The standard InChI is InChI=1S/C29H32Cl2IN3O4S/c1-4-20(3)33-29(37)27(5-2)34(18-24-25(30)12-9-13-26(24)31)28(36)19-35(22-16-14-21(32)15-17-22)40(38,39)23-10-7-6-8-11-23/h6-17,20,27H,4-5,18-19H2,1-3H3,(H,33,37)/t20-,27-/m0/s1. The summed E-state index contributed by atoms with van der Waals surface area (Å²) in [5.41, 5.74) is 0.797. The second-order valence-electron chi connectivity index (χ2n) is 9.26. The van der Waals surface area contributed by atoms with Crippen molar-refractivity contribution in [1.82, 2.24) is 10.2 Å². The Morgan fingerprint density at radius 1 is 0.900 bits per heavy atom. The van der Waals surface area contributed by atoms with E-state index in [2.05, 4.69) is 27.9 Å². The molecular weight excluding hydrogens is 684 g/mol. The van der Waals surface area contributed by atoms with E-state index in [4.69, 9.17) is 23.2 Å². The number of halogens is 3. The molecule has 3 aromatic rings. The lowest BCUT2D eigenvalue weighted by molar-refractivity contribution is -0.140. The summed E-state index contributed by atoms with van der Waals surface area (Å²) in [4.78, 5) is 28.9. The highest BCUT2D eigenvalue weighted by Crippen LogP contribution is 2.29. The number of nitrogens with one attached hydrogen (secondary N) is 1. The Morgan fingerprint density at radius 2 is 1.50 bits per heavy atom. The molecule has 7 nitrogen and oxygen atoms in total. The fraction of sp³-hybridized carbons (Fsp3) is 0.310. The number of carbonyl (C=O) groups is 2. The highest BCUT2D eigenvalue weighted by molar-refractivity contribution is 14.1. The average molecular weight is 716 g/mol. The third kappa shape index (κ3) is 7.90. The molecule has 3 aromatic carbocycles. The van der Waals surface area contributed by atoms with Crippen molar-refractivity contribution < 1.29 is 18.0 Å². The van der Waals surface area contributed by atoms with Gasteiger partial charge < -0.3 is 10.2 Å². The van der Waals surface area contributed by atoms with Gasteiger partial charge in [-0.25, -0.2) is 8.42 Å². The molecule has 0 radical (unpaired) electrons. The Kier molecular flexibility index (Phi) is 11.7. The molecule has 0 fully saturated rings. The van der Waals surface area contributed by atoms with E-state index in [0.717, 1.165) is 7.88 Å². The van der Waals surface area contributed by atoms with Gasteiger partial charge in [-0.2, -0.15) is 0 Å². The predicted octanol–water partition coefficient (Wildman–Crippen LogP) is 6.52. The van der Waals surface area contributed by atoms with Crippen LogP contribution >= 0.6 is 45.8 Å². The van der Waals surface area contributed by atoms with E-state index in [1.165, 1.54) is 17.0 Å². The molecule has 0 aliphatic heterocycles. The lowest BCUT2D eigenvalue weighted by atomic mass is 10.1. The molecule has 214 valence electrons. The van der Waals surface area contributed by atoms with Gasteiger partial charge in [0.1, 0.15) is 12.6 Å². The summed E-state index contributed by atoms with van der Waals surface area (Å²) in [6.45, 7) is 5.02. The first-order valence-corrected chi connectivity index (χ1v) is 16.1. The minimum atomic E-state index is -4.13. The monoisotopic (exact) mass is 715 g/mol. The van der Waals surface area contributed by atoms with Gasteiger partial charge in [0.2, 0.25) is 11.8 Å². The van der Waals surface area contributed by atoms with Crippen LogP contribution in [0.1, 0.15) is 39.2 Å². The zero-order chi connectivity index (χ0) is 29.4. The fourth-order valence-electron chi connectivity index (χ4n) is 4.07. The summed E-state index contributed by atoms with van der Waals surface area (Å²) in [6.07, 6.45) is 1.01. The Bertz CT molecular complexity index is 1400. The number of carbonyl (C=O) groups excluding carboxylic acids is 2. The summed E-state index contributed by atoms with van der Waals surface area (Å²) in [7, 11) is -4.13. The molecular formula is C29H32Cl2IN3O4S. The Balaban J connectivity index is 2.08. The van der Waals surface area contributed by atoms with Gasteiger partial charge in [-0.1, -0.05) is 61.3 Å². The molecule has 3 rings (SSSR count). The van der Waals surface area contributed by atoms with Gasteiger partial charge in [-0.3, -0.25) is 13.9 Å². The summed E-state index contributed by atoms with van der Waals surface area (Å²) >= 11 is 15.0. The van der Waals surface area contributed by atoms with Crippen molar-refractivity contribution in [3.05, 3.63) is 92.0 Å². The largest absolute Gasteiger partial charge is 0.352 e. The number of sulfonamides is 1. The molecule has 40 heavy (non-hydrogen) atoms. The Labute approximate surface area is 260 Å². The van der Waals surface area contributed by atoms with Crippen LogP contribution in [-0.2, 0) is 26.2 Å². The molecule has 0 heterocycles. The topological polar surface area (TPSA) is 86.8 Å². The fourth-order valence-corrected chi connectivity index (χ4v) is 6.38. The molecule has 0 aromatic heterocycles. The molecule has 0 saturated carbocycles. The zero-order valence-electron chi connectivity index (χ0n) is 22.5. The van der Waals surface area contributed by atoms with E-state index >= 15 is 0 Å². The second-order valence-corrected chi connectivity index (χ2v) is 13.2. The molecule has 11 heteroatoms. The first-order chi connectivity index (χ1) is 19.0. The van der Waals surface area contributed by atoms with Crippen molar-refractivity contribution in [2.24, 2.45) is 0 Å². The smallest absolute Gasteiger partial charge is 0.264 e. The predicted molar refractivity (Wildman–Crippen MR) is 169 cm³/mol. The van der Waals surface area contributed by atoms with E-state index in [-0.39, 0.29) is 23.4 Å². The maximum Gasteiger partial charge on any atom is 0.264 e. The van der Waals surface area contributed by atoms with Crippen molar-refractivity contribution >= 4 is 73.3 Å². The van der Waals surface area contributed by atoms with Gasteiger partial charge in [-0.05, 0) is 90.9 Å². The van der Waals surface area contributed by atoms with Crippen LogP contribution in [0.25, 0.3) is 0 Å². The van der Waals surface area contributed by atoms with Gasteiger partial charge in [0, 0.05) is 31.8 Å². The number of benzene rings is 3. The first kappa shape index (κ1) is 32.2. The lowest BCUT2D eigenvalue weighted by Crippen LogP contribution is -2.53. The maximum absolute atomic E-state index is 14.1. The Hall–Kier alpha value is -2.34. The normalized spacial score (nSPS) is 12.8. The van der Waals surface area contributed by atoms with Gasteiger partial charge in [0.05, 0.1) is 10.6 Å². The van der Waals surface area contributed by atoms with Crippen molar-refractivity contribution in [3.8, 4) is 0 Å². The molecule has 0 saturated heterocycles. The van der Waals surface area contributed by atoms with Crippen LogP contribution in [0.15, 0.2) is 77.7 Å². The van der Waals surface area contributed by atoms with Crippen LogP contribution < -0.4 is 9.62 Å². The number of hydrogen-bond donors (Lipinski definition) is 1. The molecule has 0 unspecified atom stereocenters. The van der Waals surface area contributed by atoms with E-state index in [1.54, 1.807) is 67.6 Å². The van der Waals surface area contributed by atoms with Crippen molar-refractivity contribution in [1.29, 1.82) is 0 Å². The Morgan fingerprint density at radius 3 is 2.05 bits per heavy atom. The van der Waals surface area contributed by atoms with Crippen LogP contribution in [0, 0.1) is 3.57 Å². The SMILES string of the molecule is CC[C@H](C)NC(=O)[C@H](CC)N(Cc1c(Cl)cccc1Cl)C(=O)CN(c1ccc(I)cc1)S(=O)(=O)c1ccccc1. The minimum Gasteiger partial charge on any atom is -0.352 e. The lowest BCUT2D eigenvalue weighted by Gasteiger charge is -2.34. The molecule has 0 bridgehead atoms. The van der Waals surface area contributed by atoms with Gasteiger partial charge in [-0.15, -0.1) is 0 Å². The van der Waals surface area contributed by atoms with E-state index in [9.17, 15) is 18.0 Å². The molecule has 2 amide bonds. The molecule has 0 spiro atoms. The average Bonchev–Trinajstić information content (AvgIpc) is 2.93. The number of nitrogens with zero attached hydrogens (tertiary/aromatic N) is 2. The third-order valence-corrected chi connectivity index (χ3v) is 9.72. The van der Waals surface area contributed by atoms with E-state index in [0.29, 0.717) is 34.1 Å². The van der Waals surface area contributed by atoms with Crippen LogP contribution in [-0.4, -0.2) is 43.8 Å². The number of rotatable bonds is 12. The minimum absolute atomic E-state index is 0.0450. The quantitative estimate of drug-likeness (QED) is 0.217. The van der Waals surface area contributed by atoms with Crippen molar-refractivity contribution in [3.63, 3.8) is 0 Å². The zero-order valence-corrected chi connectivity index (χ0v) is 27.0. The number of amides is 2. The molecule has 0 aliphatic carbocycles. The van der Waals surface area contributed by atoms with Crippen LogP contribution in [0.5, 0.6) is 0 Å². The van der Waals surface area contributed by atoms with Gasteiger partial charge in [0.15, 0.2) is 0 Å². The van der Waals surface area contributed by atoms with Gasteiger partial charge in [0.25, 0.3) is 10.0 Å². The van der Waals surface area contributed by atoms with Crippen molar-refractivity contribution in [2.45, 2.75) is 57.1 Å². The first-order valence-electron chi connectivity index (χ1n) is 12.9. The summed E-state index contributed by atoms with van der Waals surface area (Å²) < 4.78 is 29.6. The molecule has 1 N–H and O–H groups in total. The van der Waals surface area contributed by atoms with Crippen LogP contribution in [0.3, 0.4) is 0 Å². The number of hydrogen-bond acceptors (Lipinski definition) is 4. The third-order valence-electron chi connectivity index (χ3n) is 6.50. The highest BCUT2D eigenvalue weighted by Gasteiger charge is 2.34. The molecule has 2 atom stereocenters. The number of anilines is 1.